The van der Waals surface area contributed by atoms with E-state index in [2.05, 4.69) is 96.4 Å². The first-order valence-electron chi connectivity index (χ1n) is 10.7. The molecule has 2 nitrogen and oxygen atoms in total. The first-order valence-corrected chi connectivity index (χ1v) is 10.7. The molecule has 0 radical (unpaired) electrons. The Kier molecular flexibility index (Phi) is 4.83. The van der Waals surface area contributed by atoms with Crippen molar-refractivity contribution in [1.29, 1.82) is 0 Å². The second-order valence-corrected chi connectivity index (χ2v) is 7.82. The molecule has 2 aromatic heterocycles. The van der Waals surface area contributed by atoms with Crippen LogP contribution < -0.4 is 0 Å². The van der Waals surface area contributed by atoms with E-state index in [9.17, 15) is 0 Å². The van der Waals surface area contributed by atoms with E-state index in [1.54, 1.807) is 0 Å². The maximum absolute atomic E-state index is 6.05. The molecular formula is C29H25NO. The van der Waals surface area contributed by atoms with Gasteiger partial charge in [0.1, 0.15) is 11.2 Å². The van der Waals surface area contributed by atoms with E-state index in [0.717, 1.165) is 22.2 Å². The smallest absolute Gasteiger partial charge is 0.135 e. The third-order valence-electron chi connectivity index (χ3n) is 5.78. The molecular weight excluding hydrogens is 378 g/mol. The van der Waals surface area contributed by atoms with Crippen molar-refractivity contribution in [3.63, 3.8) is 0 Å². The number of hydrogen-bond donors (Lipinski definition) is 0. The van der Waals surface area contributed by atoms with Crippen LogP contribution in [0.2, 0.25) is 0 Å². The van der Waals surface area contributed by atoms with Crippen LogP contribution in [0, 0.1) is 6.92 Å². The molecule has 0 N–H and O–H groups in total. The topological polar surface area (TPSA) is 18.1 Å². The van der Waals surface area contributed by atoms with Gasteiger partial charge in [-0.25, -0.2) is 0 Å². The monoisotopic (exact) mass is 403 g/mol. The van der Waals surface area contributed by atoms with E-state index in [0.29, 0.717) is 0 Å². The SMILES string of the molecule is C/C=C\C.Cc1ccc2oc3ccc(-n4c5ccccc5c5ccccc54)cc3c2c1. The largest absolute Gasteiger partial charge is 0.456 e. The van der Waals surface area contributed by atoms with Gasteiger partial charge in [0, 0.05) is 27.2 Å². The van der Waals surface area contributed by atoms with Gasteiger partial charge in [-0.05, 0) is 63.2 Å². The van der Waals surface area contributed by atoms with Gasteiger partial charge in [0.2, 0.25) is 0 Å². The highest BCUT2D eigenvalue weighted by Gasteiger charge is 2.13. The normalized spacial score (nSPS) is 11.6. The summed E-state index contributed by atoms with van der Waals surface area (Å²) in [7, 11) is 0. The summed E-state index contributed by atoms with van der Waals surface area (Å²) in [6, 6.07) is 30.0. The van der Waals surface area contributed by atoms with Crippen molar-refractivity contribution >= 4 is 43.7 Å². The molecule has 31 heavy (non-hydrogen) atoms. The molecule has 2 heterocycles. The van der Waals surface area contributed by atoms with Crippen molar-refractivity contribution in [1.82, 2.24) is 4.57 Å². The number of benzene rings is 4. The minimum atomic E-state index is 0.931. The van der Waals surface area contributed by atoms with Crippen LogP contribution in [-0.2, 0) is 0 Å². The van der Waals surface area contributed by atoms with Crippen molar-refractivity contribution in [3.05, 3.63) is 103 Å². The summed E-state index contributed by atoms with van der Waals surface area (Å²) in [6.07, 6.45) is 4.00. The molecule has 0 saturated heterocycles. The zero-order chi connectivity index (χ0) is 21.4. The van der Waals surface area contributed by atoms with Gasteiger partial charge in [-0.3, -0.25) is 0 Å². The molecule has 0 aliphatic rings. The van der Waals surface area contributed by atoms with Crippen LogP contribution in [0.15, 0.2) is 101 Å². The van der Waals surface area contributed by atoms with Crippen LogP contribution in [0.1, 0.15) is 19.4 Å². The highest BCUT2D eigenvalue weighted by Crippen LogP contribution is 2.35. The Morgan fingerprint density at radius 1 is 0.613 bits per heavy atom. The summed E-state index contributed by atoms with van der Waals surface area (Å²) in [6.45, 7) is 6.12. The predicted octanol–water partition coefficient (Wildman–Crippen LogP) is 8.57. The Labute approximate surface area is 182 Å². The lowest BCUT2D eigenvalue weighted by Gasteiger charge is -2.08. The van der Waals surface area contributed by atoms with Crippen molar-refractivity contribution in [3.8, 4) is 5.69 Å². The van der Waals surface area contributed by atoms with Crippen LogP contribution in [0.25, 0.3) is 49.4 Å². The molecule has 0 aliphatic carbocycles. The molecule has 2 heteroatoms. The van der Waals surface area contributed by atoms with Gasteiger partial charge >= 0.3 is 0 Å². The van der Waals surface area contributed by atoms with E-state index in [4.69, 9.17) is 4.42 Å². The van der Waals surface area contributed by atoms with Crippen LogP contribution in [0.3, 0.4) is 0 Å². The van der Waals surface area contributed by atoms with Gasteiger partial charge < -0.3 is 8.98 Å². The molecule has 4 aromatic carbocycles. The fourth-order valence-corrected chi connectivity index (χ4v) is 4.22. The summed E-state index contributed by atoms with van der Waals surface area (Å²) in [5.74, 6) is 0. The summed E-state index contributed by atoms with van der Waals surface area (Å²) in [4.78, 5) is 0. The maximum atomic E-state index is 6.05. The Morgan fingerprint density at radius 3 is 1.77 bits per heavy atom. The molecule has 0 saturated carbocycles. The van der Waals surface area contributed by atoms with Crippen molar-refractivity contribution in [2.75, 3.05) is 0 Å². The van der Waals surface area contributed by atoms with Gasteiger partial charge in [0.15, 0.2) is 0 Å². The molecule has 152 valence electrons. The molecule has 0 spiro atoms. The molecule has 6 aromatic rings. The van der Waals surface area contributed by atoms with Crippen LogP contribution in [-0.4, -0.2) is 4.57 Å². The Bertz CT molecular complexity index is 1510. The third-order valence-corrected chi connectivity index (χ3v) is 5.78. The minimum Gasteiger partial charge on any atom is -0.456 e. The lowest BCUT2D eigenvalue weighted by Crippen LogP contribution is -1.93. The minimum absolute atomic E-state index is 0.931. The van der Waals surface area contributed by atoms with Gasteiger partial charge in [-0.1, -0.05) is 60.2 Å². The first kappa shape index (κ1) is 19.2. The molecule has 0 atom stereocenters. The molecule has 0 unspecified atom stereocenters. The summed E-state index contributed by atoms with van der Waals surface area (Å²) in [5.41, 5.74) is 6.72. The van der Waals surface area contributed by atoms with Crippen molar-refractivity contribution < 1.29 is 4.42 Å². The average molecular weight is 404 g/mol. The van der Waals surface area contributed by atoms with E-state index in [-0.39, 0.29) is 0 Å². The average Bonchev–Trinajstić information content (AvgIpc) is 3.34. The quantitative estimate of drug-likeness (QED) is 0.251. The first-order chi connectivity index (χ1) is 15.2. The van der Waals surface area contributed by atoms with E-state index >= 15 is 0 Å². The summed E-state index contributed by atoms with van der Waals surface area (Å²) in [5, 5.41) is 4.89. The van der Waals surface area contributed by atoms with Gasteiger partial charge in [0.25, 0.3) is 0 Å². The lowest BCUT2D eigenvalue weighted by molar-refractivity contribution is 0.669. The number of aromatic nitrogens is 1. The molecule has 0 fully saturated rings. The zero-order valence-electron chi connectivity index (χ0n) is 18.1. The van der Waals surface area contributed by atoms with E-state index < -0.39 is 0 Å². The van der Waals surface area contributed by atoms with Gasteiger partial charge in [-0.15, -0.1) is 0 Å². The fraction of sp³-hybridized carbons (Fsp3) is 0.103. The van der Waals surface area contributed by atoms with Gasteiger partial charge in [-0.2, -0.15) is 0 Å². The number of hydrogen-bond acceptors (Lipinski definition) is 1. The van der Waals surface area contributed by atoms with Crippen molar-refractivity contribution in [2.45, 2.75) is 20.8 Å². The van der Waals surface area contributed by atoms with E-state index in [1.165, 1.54) is 32.8 Å². The Balaban J connectivity index is 0.000000473. The maximum Gasteiger partial charge on any atom is 0.135 e. The number of rotatable bonds is 1. The Morgan fingerprint density at radius 2 is 1.16 bits per heavy atom. The molecule has 0 amide bonds. The fourth-order valence-electron chi connectivity index (χ4n) is 4.22. The van der Waals surface area contributed by atoms with Crippen LogP contribution in [0.5, 0.6) is 0 Å². The molecule has 0 aliphatic heterocycles. The number of fused-ring (bicyclic) bond motifs is 6. The highest BCUT2D eigenvalue weighted by molar-refractivity contribution is 6.10. The molecule has 6 rings (SSSR count). The lowest BCUT2D eigenvalue weighted by atomic mass is 10.1. The zero-order valence-corrected chi connectivity index (χ0v) is 18.1. The number of aryl methyl sites for hydroxylation is 1. The van der Waals surface area contributed by atoms with Gasteiger partial charge in [0.05, 0.1) is 11.0 Å². The number of allylic oxidation sites excluding steroid dienone is 2. The number of furan rings is 1. The summed E-state index contributed by atoms with van der Waals surface area (Å²) >= 11 is 0. The number of nitrogens with zero attached hydrogens (tertiary/aromatic N) is 1. The predicted molar refractivity (Wildman–Crippen MR) is 133 cm³/mol. The van der Waals surface area contributed by atoms with Crippen LogP contribution in [0.4, 0.5) is 0 Å². The highest BCUT2D eigenvalue weighted by atomic mass is 16.3. The second-order valence-electron chi connectivity index (χ2n) is 7.82. The second kappa shape index (κ2) is 7.81. The van der Waals surface area contributed by atoms with Crippen molar-refractivity contribution in [2.24, 2.45) is 0 Å². The van der Waals surface area contributed by atoms with E-state index in [1.807, 2.05) is 26.0 Å². The third kappa shape index (κ3) is 3.21. The molecule has 0 bridgehead atoms. The summed E-state index contributed by atoms with van der Waals surface area (Å²) < 4.78 is 8.39. The standard InChI is InChI=1S/C25H17NO.C4H8/c1-16-10-12-24-20(14-16)21-15-17(11-13-25(21)27-24)26-22-8-4-2-6-18(22)19-7-3-5-9-23(19)26;1-3-4-2/h2-15H,1H3;3-4H,1-2H3/b;4-3-. The number of para-hydroxylation sites is 2. The van der Waals surface area contributed by atoms with Crippen LogP contribution >= 0.6 is 0 Å². The Hall–Kier alpha value is -3.78.